The summed E-state index contributed by atoms with van der Waals surface area (Å²) in [6.07, 6.45) is 1.17. The average molecular weight is 298 g/mol. The normalized spacial score (nSPS) is 9.00. The molecule has 0 aliphatic rings. The van der Waals surface area contributed by atoms with Crippen LogP contribution in [0.5, 0.6) is 0 Å². The molecule has 1 nitrogen and oxygen atoms in total. The van der Waals surface area contributed by atoms with Crippen LogP contribution in [0.4, 0.5) is 0 Å². The van der Waals surface area contributed by atoms with Crippen molar-refractivity contribution >= 4 is 28.4 Å². The summed E-state index contributed by atoms with van der Waals surface area (Å²) in [6, 6.07) is 7.63. The van der Waals surface area contributed by atoms with Gasteiger partial charge in [-0.3, -0.25) is 4.79 Å². The number of carbonyl (C=O) groups is 1. The molecular weight excluding hydrogens is 287 g/mol. The van der Waals surface area contributed by atoms with Crippen LogP contribution < -0.4 is 0 Å². The number of ketones is 1. The second-order valence-electron chi connectivity index (χ2n) is 2.83. The summed E-state index contributed by atoms with van der Waals surface area (Å²) in [7, 11) is 0. The van der Waals surface area contributed by atoms with E-state index in [0.717, 1.165) is 9.13 Å². The molecule has 0 bridgehead atoms. The second kappa shape index (κ2) is 5.82. The molecule has 0 saturated carbocycles. The third-order valence-corrected chi connectivity index (χ3v) is 2.77. The monoisotopic (exact) mass is 298 g/mol. The first-order chi connectivity index (χ1) is 6.75. The third kappa shape index (κ3) is 3.15. The number of hydrogen-bond donors (Lipinski definition) is 0. The maximum absolute atomic E-state index is 11.7. The lowest BCUT2D eigenvalue weighted by atomic mass is 10.1. The molecule has 0 fully saturated rings. The maximum atomic E-state index is 11.7. The molecule has 0 saturated heterocycles. The number of halogens is 1. The van der Waals surface area contributed by atoms with Gasteiger partial charge >= 0.3 is 0 Å². The summed E-state index contributed by atoms with van der Waals surface area (Å²) in [5, 5.41) is 0. The van der Waals surface area contributed by atoms with Crippen molar-refractivity contribution in [2.75, 3.05) is 0 Å². The quantitative estimate of drug-likeness (QED) is 0.475. The molecule has 0 aliphatic carbocycles. The maximum Gasteiger partial charge on any atom is 0.164 e. The fraction of sp³-hybridized carbons (Fsp3) is 0.250. The molecule has 0 aliphatic heterocycles. The van der Waals surface area contributed by atoms with Gasteiger partial charge in [-0.15, -0.1) is 11.8 Å². The van der Waals surface area contributed by atoms with E-state index in [4.69, 9.17) is 0 Å². The molecule has 0 atom stereocenters. The number of rotatable bonds is 3. The Morgan fingerprint density at radius 3 is 2.79 bits per heavy atom. The zero-order chi connectivity index (χ0) is 10.4. The zero-order valence-electron chi connectivity index (χ0n) is 8.01. The fourth-order valence-corrected chi connectivity index (χ4v) is 1.81. The van der Waals surface area contributed by atoms with E-state index in [1.54, 1.807) is 6.92 Å². The van der Waals surface area contributed by atoms with Crippen LogP contribution in [0.3, 0.4) is 0 Å². The SMILES string of the molecule is CC#CCCC(=O)c1ccccc1I. The van der Waals surface area contributed by atoms with Crippen LogP contribution in [0.2, 0.25) is 0 Å². The van der Waals surface area contributed by atoms with Gasteiger partial charge in [0.05, 0.1) is 0 Å². The lowest BCUT2D eigenvalue weighted by Crippen LogP contribution is -2.00. The van der Waals surface area contributed by atoms with Crippen molar-refractivity contribution < 1.29 is 4.79 Å². The molecule has 14 heavy (non-hydrogen) atoms. The molecule has 0 heterocycles. The molecule has 1 rings (SSSR count). The highest BCUT2D eigenvalue weighted by Gasteiger charge is 2.07. The lowest BCUT2D eigenvalue weighted by Gasteiger charge is -2.00. The molecule has 0 N–H and O–H groups in total. The first-order valence-electron chi connectivity index (χ1n) is 4.43. The van der Waals surface area contributed by atoms with Crippen molar-refractivity contribution in [2.24, 2.45) is 0 Å². The highest BCUT2D eigenvalue weighted by atomic mass is 127. The van der Waals surface area contributed by atoms with Crippen molar-refractivity contribution in [3.05, 3.63) is 33.4 Å². The van der Waals surface area contributed by atoms with Crippen molar-refractivity contribution in [1.29, 1.82) is 0 Å². The van der Waals surface area contributed by atoms with Crippen LogP contribution in [0.1, 0.15) is 30.1 Å². The van der Waals surface area contributed by atoms with Crippen LogP contribution in [0, 0.1) is 15.4 Å². The van der Waals surface area contributed by atoms with Gasteiger partial charge in [0.15, 0.2) is 5.78 Å². The summed E-state index contributed by atoms with van der Waals surface area (Å²) in [6.45, 7) is 1.79. The first kappa shape index (κ1) is 11.3. The van der Waals surface area contributed by atoms with E-state index in [9.17, 15) is 4.79 Å². The third-order valence-electron chi connectivity index (χ3n) is 1.83. The summed E-state index contributed by atoms with van der Waals surface area (Å²) >= 11 is 2.18. The molecule has 1 aromatic carbocycles. The minimum absolute atomic E-state index is 0.178. The van der Waals surface area contributed by atoms with Gasteiger partial charge in [-0.25, -0.2) is 0 Å². The molecule has 0 unspecified atom stereocenters. The largest absolute Gasteiger partial charge is 0.294 e. The molecular formula is C12H11IO. The van der Waals surface area contributed by atoms with E-state index >= 15 is 0 Å². The van der Waals surface area contributed by atoms with Crippen molar-refractivity contribution in [2.45, 2.75) is 19.8 Å². The van der Waals surface area contributed by atoms with Crippen LogP contribution in [0.25, 0.3) is 0 Å². The molecule has 1 aromatic rings. The summed E-state index contributed by atoms with van der Waals surface area (Å²) in [5.74, 6) is 5.86. The Bertz CT molecular complexity index is 385. The average Bonchev–Trinajstić information content (AvgIpc) is 2.18. The molecule has 0 aromatic heterocycles. The fourth-order valence-electron chi connectivity index (χ4n) is 1.12. The van der Waals surface area contributed by atoms with E-state index in [1.807, 2.05) is 24.3 Å². The van der Waals surface area contributed by atoms with E-state index in [0.29, 0.717) is 12.8 Å². The van der Waals surface area contributed by atoms with Gasteiger partial charge in [-0.1, -0.05) is 18.2 Å². The molecule has 72 valence electrons. The van der Waals surface area contributed by atoms with Gasteiger partial charge in [0.25, 0.3) is 0 Å². The van der Waals surface area contributed by atoms with Crippen molar-refractivity contribution in [3.8, 4) is 11.8 Å². The van der Waals surface area contributed by atoms with Crippen LogP contribution in [0.15, 0.2) is 24.3 Å². The number of hydrogen-bond acceptors (Lipinski definition) is 1. The van der Waals surface area contributed by atoms with E-state index in [-0.39, 0.29) is 5.78 Å². The van der Waals surface area contributed by atoms with E-state index in [1.165, 1.54) is 0 Å². The van der Waals surface area contributed by atoms with Gasteiger partial charge in [-0.05, 0) is 35.6 Å². The van der Waals surface area contributed by atoms with E-state index < -0.39 is 0 Å². The van der Waals surface area contributed by atoms with Crippen LogP contribution in [-0.4, -0.2) is 5.78 Å². The standard InChI is InChI=1S/C12H11IO/c1-2-3-4-9-12(14)10-7-5-6-8-11(10)13/h5-8H,4,9H2,1H3. The Morgan fingerprint density at radius 2 is 2.14 bits per heavy atom. The zero-order valence-corrected chi connectivity index (χ0v) is 10.2. The minimum Gasteiger partial charge on any atom is -0.294 e. The van der Waals surface area contributed by atoms with Crippen LogP contribution >= 0.6 is 22.6 Å². The Balaban J connectivity index is 2.68. The van der Waals surface area contributed by atoms with Gasteiger partial charge in [-0.2, -0.15) is 0 Å². The van der Waals surface area contributed by atoms with Gasteiger partial charge in [0, 0.05) is 22.0 Å². The van der Waals surface area contributed by atoms with Crippen molar-refractivity contribution in [3.63, 3.8) is 0 Å². The summed E-state index contributed by atoms with van der Waals surface area (Å²) in [5.41, 5.74) is 0.811. The first-order valence-corrected chi connectivity index (χ1v) is 5.51. The van der Waals surface area contributed by atoms with Crippen LogP contribution in [-0.2, 0) is 0 Å². The summed E-state index contributed by atoms with van der Waals surface area (Å²) in [4.78, 5) is 11.7. The predicted octanol–water partition coefficient (Wildman–Crippen LogP) is 3.28. The topological polar surface area (TPSA) is 17.1 Å². The minimum atomic E-state index is 0.178. The Labute approximate surface area is 98.0 Å². The second-order valence-corrected chi connectivity index (χ2v) is 3.99. The molecule has 2 heteroatoms. The van der Waals surface area contributed by atoms with Gasteiger partial charge < -0.3 is 0 Å². The molecule has 0 radical (unpaired) electrons. The van der Waals surface area contributed by atoms with Gasteiger partial charge in [0.1, 0.15) is 0 Å². The summed E-state index contributed by atoms with van der Waals surface area (Å²) < 4.78 is 1.01. The predicted molar refractivity (Wildman–Crippen MR) is 66.2 cm³/mol. The lowest BCUT2D eigenvalue weighted by molar-refractivity contribution is 0.0983. The smallest absolute Gasteiger partial charge is 0.164 e. The van der Waals surface area contributed by atoms with E-state index in [2.05, 4.69) is 34.4 Å². The number of benzene rings is 1. The molecule has 0 amide bonds. The molecule has 0 spiro atoms. The van der Waals surface area contributed by atoms with Gasteiger partial charge in [0.2, 0.25) is 0 Å². The number of carbonyl (C=O) groups excluding carboxylic acids is 1. The highest BCUT2D eigenvalue weighted by Crippen LogP contribution is 2.13. The number of Topliss-reactive ketones (excluding diaryl/α,β-unsaturated/α-hetero) is 1. The Morgan fingerprint density at radius 1 is 1.43 bits per heavy atom. The Kier molecular flexibility index (Phi) is 4.68. The van der Waals surface area contributed by atoms with Crippen molar-refractivity contribution in [1.82, 2.24) is 0 Å². The highest BCUT2D eigenvalue weighted by molar-refractivity contribution is 14.1. The Hall–Kier alpha value is -0.820.